The van der Waals surface area contributed by atoms with Gasteiger partial charge < -0.3 is 4.74 Å². The predicted octanol–water partition coefficient (Wildman–Crippen LogP) is 4.25. The maximum atomic E-state index is 12.7. The second-order valence-electron chi connectivity index (χ2n) is 5.89. The van der Waals surface area contributed by atoms with E-state index in [1.165, 1.54) is 0 Å². The second kappa shape index (κ2) is 6.88. The van der Waals surface area contributed by atoms with Gasteiger partial charge in [-0.3, -0.25) is 5.43 Å². The number of alkyl halides is 6. The first-order chi connectivity index (χ1) is 10.7. The normalized spacial score (nSPS) is 12.9. The van der Waals surface area contributed by atoms with Crippen LogP contribution in [0.3, 0.4) is 0 Å². The quantitative estimate of drug-likeness (QED) is 0.627. The van der Waals surface area contributed by atoms with Crippen LogP contribution in [-0.4, -0.2) is 11.7 Å². The van der Waals surface area contributed by atoms with E-state index in [0.29, 0.717) is 12.1 Å². The Morgan fingerprint density at radius 1 is 0.958 bits per heavy atom. The Hall–Kier alpha value is -1.97. The van der Waals surface area contributed by atoms with Crippen LogP contribution in [0.1, 0.15) is 37.5 Å². The molecule has 0 fully saturated rings. The fraction of sp³-hybridized carbons (Fsp3) is 0.500. The number of nitrogens with one attached hydrogen (secondary N) is 2. The SMILES string of the molecule is CC(C)(C)OC(=O)NNCc1cc(C(F)(F)F)cc(C(F)(F)F)c1. The van der Waals surface area contributed by atoms with Crippen molar-refractivity contribution in [3.63, 3.8) is 0 Å². The highest BCUT2D eigenvalue weighted by Crippen LogP contribution is 2.36. The zero-order valence-corrected chi connectivity index (χ0v) is 13.0. The van der Waals surface area contributed by atoms with Crippen molar-refractivity contribution in [1.82, 2.24) is 10.9 Å². The van der Waals surface area contributed by atoms with E-state index >= 15 is 0 Å². The first kappa shape index (κ1) is 20.1. The summed E-state index contributed by atoms with van der Waals surface area (Å²) in [5, 5.41) is 0. The number of carbonyl (C=O) groups is 1. The number of ether oxygens (including phenoxy) is 1. The molecule has 0 spiro atoms. The molecule has 0 aliphatic carbocycles. The Labute approximate surface area is 134 Å². The van der Waals surface area contributed by atoms with Crippen LogP contribution < -0.4 is 10.9 Å². The van der Waals surface area contributed by atoms with Gasteiger partial charge in [-0.1, -0.05) is 0 Å². The number of amides is 1. The van der Waals surface area contributed by atoms with Gasteiger partial charge in [0, 0.05) is 6.54 Å². The zero-order valence-electron chi connectivity index (χ0n) is 13.0. The maximum absolute atomic E-state index is 12.7. The molecule has 0 bridgehead atoms. The lowest BCUT2D eigenvalue weighted by molar-refractivity contribution is -0.143. The van der Waals surface area contributed by atoms with Gasteiger partial charge in [0.05, 0.1) is 11.1 Å². The van der Waals surface area contributed by atoms with Gasteiger partial charge >= 0.3 is 18.4 Å². The van der Waals surface area contributed by atoms with E-state index in [-0.39, 0.29) is 11.6 Å². The molecule has 0 atom stereocenters. The lowest BCUT2D eigenvalue weighted by Crippen LogP contribution is -2.40. The van der Waals surface area contributed by atoms with Crippen molar-refractivity contribution >= 4 is 6.09 Å². The van der Waals surface area contributed by atoms with Crippen LogP contribution in [0.5, 0.6) is 0 Å². The van der Waals surface area contributed by atoms with Gasteiger partial charge in [0.15, 0.2) is 0 Å². The van der Waals surface area contributed by atoms with Crippen LogP contribution >= 0.6 is 0 Å². The fourth-order valence-corrected chi connectivity index (χ4v) is 1.64. The average Bonchev–Trinajstić information content (AvgIpc) is 2.34. The molecule has 0 aliphatic rings. The molecule has 2 N–H and O–H groups in total. The topological polar surface area (TPSA) is 50.4 Å². The molecule has 0 aliphatic heterocycles. The predicted molar refractivity (Wildman–Crippen MR) is 72.7 cm³/mol. The van der Waals surface area contributed by atoms with Crippen LogP contribution in [0.4, 0.5) is 31.1 Å². The first-order valence-electron chi connectivity index (χ1n) is 6.69. The largest absolute Gasteiger partial charge is 0.443 e. The molecule has 24 heavy (non-hydrogen) atoms. The molecule has 0 unspecified atom stereocenters. The number of halogens is 6. The number of hydrogen-bond acceptors (Lipinski definition) is 3. The monoisotopic (exact) mass is 358 g/mol. The van der Waals surface area contributed by atoms with Crippen LogP contribution in [0.15, 0.2) is 18.2 Å². The average molecular weight is 358 g/mol. The lowest BCUT2D eigenvalue weighted by Gasteiger charge is -2.20. The molecule has 1 rings (SSSR count). The summed E-state index contributed by atoms with van der Waals surface area (Å²) in [7, 11) is 0. The Bertz CT molecular complexity index is 558. The number of benzene rings is 1. The van der Waals surface area contributed by atoms with Gasteiger partial charge in [-0.2, -0.15) is 26.3 Å². The van der Waals surface area contributed by atoms with Gasteiger partial charge in [0.25, 0.3) is 0 Å². The summed E-state index contributed by atoms with van der Waals surface area (Å²) in [6, 6.07) is 1.17. The third-order valence-corrected chi connectivity index (χ3v) is 2.53. The van der Waals surface area contributed by atoms with E-state index in [2.05, 4.69) is 5.43 Å². The molecule has 0 saturated heterocycles. The van der Waals surface area contributed by atoms with Crippen LogP contribution in [0, 0.1) is 0 Å². The van der Waals surface area contributed by atoms with Gasteiger partial charge in [0.2, 0.25) is 0 Å². The van der Waals surface area contributed by atoms with E-state index in [9.17, 15) is 31.1 Å². The van der Waals surface area contributed by atoms with Crippen molar-refractivity contribution in [3.05, 3.63) is 34.9 Å². The van der Waals surface area contributed by atoms with Crippen molar-refractivity contribution in [3.8, 4) is 0 Å². The molecule has 4 nitrogen and oxygen atoms in total. The molecule has 1 aromatic rings. The molecule has 136 valence electrons. The minimum Gasteiger partial charge on any atom is -0.443 e. The van der Waals surface area contributed by atoms with Gasteiger partial charge in [-0.25, -0.2) is 10.2 Å². The third-order valence-electron chi connectivity index (χ3n) is 2.53. The van der Waals surface area contributed by atoms with Crippen LogP contribution in [0.2, 0.25) is 0 Å². The van der Waals surface area contributed by atoms with Crippen LogP contribution in [-0.2, 0) is 23.6 Å². The molecule has 0 saturated carbocycles. The number of hydrogen-bond donors (Lipinski definition) is 2. The van der Waals surface area contributed by atoms with Gasteiger partial charge in [0.1, 0.15) is 5.60 Å². The van der Waals surface area contributed by atoms with Crippen LogP contribution in [0.25, 0.3) is 0 Å². The minimum absolute atomic E-state index is 0.0325. The summed E-state index contributed by atoms with van der Waals surface area (Å²) < 4.78 is 81.0. The smallest absolute Gasteiger partial charge is 0.422 e. The van der Waals surface area contributed by atoms with E-state index in [0.717, 1.165) is 0 Å². The molecule has 0 heterocycles. The van der Waals surface area contributed by atoms with E-state index in [4.69, 9.17) is 4.74 Å². The molecule has 10 heteroatoms. The molecule has 0 aromatic heterocycles. The highest BCUT2D eigenvalue weighted by molar-refractivity contribution is 5.66. The Morgan fingerprint density at radius 2 is 1.42 bits per heavy atom. The molecular formula is C14H16F6N2O2. The van der Waals surface area contributed by atoms with Crippen molar-refractivity contribution in [2.45, 2.75) is 45.3 Å². The highest BCUT2D eigenvalue weighted by Gasteiger charge is 2.36. The second-order valence-corrected chi connectivity index (χ2v) is 5.89. The lowest BCUT2D eigenvalue weighted by atomic mass is 10.0. The Morgan fingerprint density at radius 3 is 1.79 bits per heavy atom. The standard InChI is InChI=1S/C14H16F6N2O2/c1-12(2,3)24-11(23)22-21-7-8-4-9(13(15,16)17)6-10(5-8)14(18,19)20/h4-6,21H,7H2,1-3H3,(H,22,23). The number of hydrazine groups is 1. The Balaban J connectivity index is 2.86. The number of rotatable bonds is 3. The van der Waals surface area contributed by atoms with Crippen molar-refractivity contribution < 1.29 is 35.9 Å². The highest BCUT2D eigenvalue weighted by atomic mass is 19.4. The third kappa shape index (κ3) is 6.65. The van der Waals surface area contributed by atoms with Gasteiger partial charge in [-0.05, 0) is 44.5 Å². The Kier molecular flexibility index (Phi) is 5.75. The summed E-state index contributed by atoms with van der Waals surface area (Å²) in [5.41, 5.74) is 0.305. The maximum Gasteiger partial charge on any atom is 0.422 e. The van der Waals surface area contributed by atoms with E-state index < -0.39 is 41.7 Å². The van der Waals surface area contributed by atoms with Crippen molar-refractivity contribution in [1.29, 1.82) is 0 Å². The molecule has 1 aromatic carbocycles. The zero-order chi connectivity index (χ0) is 18.8. The summed E-state index contributed by atoms with van der Waals surface area (Å²) in [4.78, 5) is 11.3. The molecule has 1 amide bonds. The van der Waals surface area contributed by atoms with E-state index in [1.807, 2.05) is 5.43 Å². The first-order valence-corrected chi connectivity index (χ1v) is 6.69. The fourth-order valence-electron chi connectivity index (χ4n) is 1.64. The van der Waals surface area contributed by atoms with Crippen molar-refractivity contribution in [2.75, 3.05) is 0 Å². The summed E-state index contributed by atoms with van der Waals surface area (Å²) >= 11 is 0. The van der Waals surface area contributed by atoms with Crippen molar-refractivity contribution in [2.24, 2.45) is 0 Å². The molecular weight excluding hydrogens is 342 g/mol. The number of carbonyl (C=O) groups excluding carboxylic acids is 1. The van der Waals surface area contributed by atoms with Gasteiger partial charge in [-0.15, -0.1) is 0 Å². The summed E-state index contributed by atoms with van der Waals surface area (Å²) in [6.45, 7) is 4.32. The summed E-state index contributed by atoms with van der Waals surface area (Å²) in [5.74, 6) is 0. The van der Waals surface area contributed by atoms with E-state index in [1.54, 1.807) is 20.8 Å². The minimum atomic E-state index is -4.92. The molecule has 0 radical (unpaired) electrons. The summed E-state index contributed by atoms with van der Waals surface area (Å²) in [6.07, 6.45) is -10.8.